The molecule has 2 N–H and O–H groups in total. The van der Waals surface area contributed by atoms with Crippen LogP contribution in [-0.2, 0) is 11.4 Å². The highest BCUT2D eigenvalue weighted by Crippen LogP contribution is 2.38. The molecule has 6 nitrogen and oxygen atoms in total. The SMILES string of the molecule is CCCCNC(=O)COc1cc2c(cc1CO)OCO2. The summed E-state index contributed by atoms with van der Waals surface area (Å²) in [6.07, 6.45) is 1.97. The molecule has 0 atom stereocenters. The fraction of sp³-hybridized carbons (Fsp3) is 0.500. The average Bonchev–Trinajstić information content (AvgIpc) is 2.91. The monoisotopic (exact) mass is 281 g/mol. The fourth-order valence-electron chi connectivity index (χ4n) is 1.82. The third-order valence-electron chi connectivity index (χ3n) is 2.94. The van der Waals surface area contributed by atoms with Crippen LogP contribution in [0.1, 0.15) is 25.3 Å². The lowest BCUT2D eigenvalue weighted by atomic mass is 10.2. The van der Waals surface area contributed by atoms with Crippen molar-refractivity contribution in [1.82, 2.24) is 5.32 Å². The van der Waals surface area contributed by atoms with E-state index in [1.54, 1.807) is 12.1 Å². The van der Waals surface area contributed by atoms with Gasteiger partial charge in [-0.2, -0.15) is 0 Å². The molecule has 0 saturated heterocycles. The highest BCUT2D eigenvalue weighted by atomic mass is 16.7. The molecular formula is C14H19NO5. The van der Waals surface area contributed by atoms with E-state index >= 15 is 0 Å². The predicted molar refractivity (Wildman–Crippen MR) is 71.9 cm³/mol. The summed E-state index contributed by atoms with van der Waals surface area (Å²) >= 11 is 0. The Morgan fingerprint density at radius 3 is 2.85 bits per heavy atom. The fourth-order valence-corrected chi connectivity index (χ4v) is 1.82. The molecule has 1 aromatic rings. The van der Waals surface area contributed by atoms with Gasteiger partial charge >= 0.3 is 0 Å². The van der Waals surface area contributed by atoms with Gasteiger partial charge in [-0.3, -0.25) is 4.79 Å². The molecule has 1 aliphatic rings. The van der Waals surface area contributed by atoms with Crippen LogP contribution in [-0.4, -0.2) is 31.0 Å². The van der Waals surface area contributed by atoms with Crippen LogP contribution >= 0.6 is 0 Å². The number of rotatable bonds is 7. The highest BCUT2D eigenvalue weighted by molar-refractivity contribution is 5.77. The molecule has 20 heavy (non-hydrogen) atoms. The van der Waals surface area contributed by atoms with Crippen LogP contribution in [0.2, 0.25) is 0 Å². The minimum Gasteiger partial charge on any atom is -0.483 e. The molecule has 0 spiro atoms. The summed E-state index contributed by atoms with van der Waals surface area (Å²) in [6.45, 7) is 2.58. The zero-order valence-electron chi connectivity index (χ0n) is 11.5. The Morgan fingerprint density at radius 1 is 1.40 bits per heavy atom. The smallest absolute Gasteiger partial charge is 0.257 e. The van der Waals surface area contributed by atoms with Crippen molar-refractivity contribution >= 4 is 5.91 Å². The van der Waals surface area contributed by atoms with Crippen molar-refractivity contribution in [3.05, 3.63) is 17.7 Å². The number of aliphatic hydroxyl groups excluding tert-OH is 1. The lowest BCUT2D eigenvalue weighted by Gasteiger charge is -2.11. The standard InChI is InChI=1S/C14H19NO5/c1-2-3-4-15-14(17)8-18-11-6-13-12(19-9-20-13)5-10(11)7-16/h5-6,16H,2-4,7-9H2,1H3,(H,15,17). The summed E-state index contributed by atoms with van der Waals surface area (Å²) in [5, 5.41) is 12.1. The minimum absolute atomic E-state index is 0.0869. The van der Waals surface area contributed by atoms with E-state index in [2.05, 4.69) is 12.2 Å². The van der Waals surface area contributed by atoms with Crippen molar-refractivity contribution in [2.75, 3.05) is 19.9 Å². The second kappa shape index (κ2) is 7.00. The summed E-state index contributed by atoms with van der Waals surface area (Å²) in [5.74, 6) is 1.39. The molecule has 1 aliphatic heterocycles. The topological polar surface area (TPSA) is 77.0 Å². The van der Waals surface area contributed by atoms with E-state index < -0.39 is 0 Å². The quantitative estimate of drug-likeness (QED) is 0.734. The summed E-state index contributed by atoms with van der Waals surface area (Å²) in [7, 11) is 0. The normalized spacial score (nSPS) is 12.3. The van der Waals surface area contributed by atoms with E-state index in [1.165, 1.54) is 0 Å². The molecule has 6 heteroatoms. The first-order valence-corrected chi connectivity index (χ1v) is 6.67. The Kier molecular flexibility index (Phi) is 5.06. The lowest BCUT2D eigenvalue weighted by Crippen LogP contribution is -2.29. The van der Waals surface area contributed by atoms with E-state index in [4.69, 9.17) is 14.2 Å². The number of nitrogens with one attached hydrogen (secondary N) is 1. The first kappa shape index (κ1) is 14.5. The van der Waals surface area contributed by atoms with Gasteiger partial charge in [0.15, 0.2) is 18.1 Å². The van der Waals surface area contributed by atoms with Gasteiger partial charge in [0.1, 0.15) is 5.75 Å². The van der Waals surface area contributed by atoms with Gasteiger partial charge in [0.25, 0.3) is 5.91 Å². The maximum atomic E-state index is 11.6. The van der Waals surface area contributed by atoms with E-state index in [0.717, 1.165) is 12.8 Å². The molecule has 0 fully saturated rings. The van der Waals surface area contributed by atoms with E-state index in [-0.39, 0.29) is 25.9 Å². The van der Waals surface area contributed by atoms with Crippen LogP contribution in [0.3, 0.4) is 0 Å². The molecule has 0 radical (unpaired) electrons. The van der Waals surface area contributed by atoms with Crippen molar-refractivity contribution in [3.63, 3.8) is 0 Å². The third-order valence-corrected chi connectivity index (χ3v) is 2.94. The number of amides is 1. The zero-order chi connectivity index (χ0) is 14.4. The van der Waals surface area contributed by atoms with Crippen molar-refractivity contribution in [1.29, 1.82) is 0 Å². The Labute approximate surface area is 117 Å². The van der Waals surface area contributed by atoms with Crippen LogP contribution < -0.4 is 19.5 Å². The Morgan fingerprint density at radius 2 is 2.15 bits per heavy atom. The van der Waals surface area contributed by atoms with E-state index in [0.29, 0.717) is 29.4 Å². The Hall–Kier alpha value is -1.95. The number of fused-ring (bicyclic) bond motifs is 1. The number of hydrogen-bond acceptors (Lipinski definition) is 5. The highest BCUT2D eigenvalue weighted by Gasteiger charge is 2.18. The van der Waals surface area contributed by atoms with Crippen LogP contribution in [0, 0.1) is 0 Å². The van der Waals surface area contributed by atoms with Crippen LogP contribution in [0.5, 0.6) is 17.2 Å². The third kappa shape index (κ3) is 3.54. The average molecular weight is 281 g/mol. The number of carbonyl (C=O) groups excluding carboxylic acids is 1. The van der Waals surface area contributed by atoms with Gasteiger partial charge in [0, 0.05) is 18.2 Å². The summed E-state index contributed by atoms with van der Waals surface area (Å²) < 4.78 is 15.9. The number of benzene rings is 1. The number of aliphatic hydroxyl groups is 1. The van der Waals surface area contributed by atoms with Crippen molar-refractivity contribution < 1.29 is 24.1 Å². The van der Waals surface area contributed by atoms with Crippen molar-refractivity contribution in [3.8, 4) is 17.2 Å². The first-order valence-electron chi connectivity index (χ1n) is 6.67. The summed E-state index contributed by atoms with van der Waals surface area (Å²) in [5.41, 5.74) is 0.565. The van der Waals surface area contributed by atoms with Crippen molar-refractivity contribution in [2.24, 2.45) is 0 Å². The minimum atomic E-state index is -0.191. The molecule has 110 valence electrons. The molecule has 0 unspecified atom stereocenters. The number of carbonyl (C=O) groups is 1. The Balaban J connectivity index is 1.93. The summed E-state index contributed by atoms with van der Waals surface area (Å²) in [4.78, 5) is 11.6. The molecule has 0 saturated carbocycles. The van der Waals surface area contributed by atoms with E-state index in [9.17, 15) is 9.90 Å². The largest absolute Gasteiger partial charge is 0.483 e. The second-order valence-electron chi connectivity index (χ2n) is 4.46. The molecular weight excluding hydrogens is 262 g/mol. The maximum Gasteiger partial charge on any atom is 0.257 e. The maximum absolute atomic E-state index is 11.6. The second-order valence-corrected chi connectivity index (χ2v) is 4.46. The van der Waals surface area contributed by atoms with Crippen LogP contribution in [0.4, 0.5) is 0 Å². The number of hydrogen-bond donors (Lipinski definition) is 2. The number of ether oxygens (including phenoxy) is 3. The van der Waals surface area contributed by atoms with Gasteiger partial charge in [0.05, 0.1) is 6.61 Å². The summed E-state index contributed by atoms with van der Waals surface area (Å²) in [6, 6.07) is 3.29. The lowest BCUT2D eigenvalue weighted by molar-refractivity contribution is -0.123. The van der Waals surface area contributed by atoms with Crippen LogP contribution in [0.25, 0.3) is 0 Å². The molecule has 0 aliphatic carbocycles. The molecule has 1 aromatic carbocycles. The van der Waals surface area contributed by atoms with Crippen molar-refractivity contribution in [2.45, 2.75) is 26.4 Å². The van der Waals surface area contributed by atoms with Gasteiger partial charge in [-0.05, 0) is 12.5 Å². The molecule has 0 bridgehead atoms. The molecule has 1 amide bonds. The Bertz CT molecular complexity index is 475. The van der Waals surface area contributed by atoms with Gasteiger partial charge in [0.2, 0.25) is 6.79 Å². The number of unbranched alkanes of at least 4 members (excludes halogenated alkanes) is 1. The van der Waals surface area contributed by atoms with Crippen LogP contribution in [0.15, 0.2) is 12.1 Å². The van der Waals surface area contributed by atoms with Gasteiger partial charge in [-0.25, -0.2) is 0 Å². The molecule has 0 aromatic heterocycles. The van der Waals surface area contributed by atoms with E-state index in [1.807, 2.05) is 0 Å². The zero-order valence-corrected chi connectivity index (χ0v) is 11.5. The molecule has 2 rings (SSSR count). The van der Waals surface area contributed by atoms with Gasteiger partial charge < -0.3 is 24.6 Å². The first-order chi connectivity index (χ1) is 9.74. The van der Waals surface area contributed by atoms with Gasteiger partial charge in [-0.1, -0.05) is 13.3 Å². The predicted octanol–water partition coefficient (Wildman–Crippen LogP) is 1.20. The van der Waals surface area contributed by atoms with Gasteiger partial charge in [-0.15, -0.1) is 0 Å². The molecule has 1 heterocycles.